The van der Waals surface area contributed by atoms with Crippen molar-refractivity contribution in [1.82, 2.24) is 29.4 Å². The van der Waals surface area contributed by atoms with Gasteiger partial charge < -0.3 is 19.4 Å². The zero-order valence-corrected chi connectivity index (χ0v) is 23.2. The van der Waals surface area contributed by atoms with Gasteiger partial charge in [-0.3, -0.25) is 4.90 Å². The number of para-hydroxylation sites is 1. The van der Waals surface area contributed by atoms with Crippen LogP contribution in [0.4, 0.5) is 10.3 Å². The fourth-order valence-electron chi connectivity index (χ4n) is 5.72. The van der Waals surface area contributed by atoms with Crippen LogP contribution in [0.2, 0.25) is 0 Å². The minimum Gasteiger partial charge on any atom is -0.475 e. The molecule has 0 amide bonds. The summed E-state index contributed by atoms with van der Waals surface area (Å²) in [5, 5.41) is 4.46. The minimum atomic E-state index is -0.282. The molecule has 0 spiro atoms. The second-order valence-electron chi connectivity index (χ2n) is 10.6. The molecule has 5 heterocycles. The van der Waals surface area contributed by atoms with Crippen LogP contribution in [-0.4, -0.2) is 75.4 Å². The summed E-state index contributed by atoms with van der Waals surface area (Å²) >= 11 is 0. The first-order valence-corrected chi connectivity index (χ1v) is 14.4. The summed E-state index contributed by atoms with van der Waals surface area (Å²) in [6.45, 7) is 5.47. The van der Waals surface area contributed by atoms with Crippen molar-refractivity contribution in [2.24, 2.45) is 0 Å². The molecule has 0 saturated carbocycles. The second kappa shape index (κ2) is 11.8. The number of pyridine rings is 1. The highest BCUT2D eigenvalue weighted by Gasteiger charge is 2.31. The van der Waals surface area contributed by atoms with Gasteiger partial charge in [-0.15, -0.1) is 0 Å². The van der Waals surface area contributed by atoms with Gasteiger partial charge in [0.1, 0.15) is 18.2 Å². The lowest BCUT2D eigenvalue weighted by Gasteiger charge is -2.26. The van der Waals surface area contributed by atoms with Crippen LogP contribution in [0.3, 0.4) is 0 Å². The van der Waals surface area contributed by atoms with E-state index in [2.05, 4.69) is 24.8 Å². The van der Waals surface area contributed by atoms with Crippen molar-refractivity contribution in [3.05, 3.63) is 84.6 Å². The highest BCUT2D eigenvalue weighted by molar-refractivity contribution is 5.79. The average Bonchev–Trinajstić information content (AvgIpc) is 3.61. The zero-order valence-electron chi connectivity index (χ0n) is 23.2. The Morgan fingerprint density at radius 1 is 0.952 bits per heavy atom. The van der Waals surface area contributed by atoms with Gasteiger partial charge in [0.05, 0.1) is 41.9 Å². The Labute approximate surface area is 243 Å². The van der Waals surface area contributed by atoms with E-state index in [1.54, 1.807) is 18.3 Å². The number of benzene rings is 2. The number of imidazole rings is 1. The van der Waals surface area contributed by atoms with Crippen LogP contribution in [0.1, 0.15) is 18.3 Å². The average molecular weight is 566 g/mol. The molecule has 42 heavy (non-hydrogen) atoms. The van der Waals surface area contributed by atoms with Crippen molar-refractivity contribution in [1.29, 1.82) is 0 Å². The molecule has 2 aliphatic heterocycles. The molecule has 10 heteroatoms. The molecule has 3 aromatic heterocycles. The van der Waals surface area contributed by atoms with Gasteiger partial charge in [0.15, 0.2) is 0 Å². The SMILES string of the molecule is Fc1ccc(-c2nc3n(c2-c2ccnc(NCCN4CCOCC4)n2)C(COc2ccc4ccccc4n2)CC3)cc1. The Morgan fingerprint density at radius 2 is 1.81 bits per heavy atom. The first-order chi connectivity index (χ1) is 20.7. The molecule has 0 radical (unpaired) electrons. The number of fused-ring (bicyclic) bond motifs is 2. The molecule has 1 N–H and O–H groups in total. The molecule has 0 bridgehead atoms. The van der Waals surface area contributed by atoms with Crippen molar-refractivity contribution < 1.29 is 13.9 Å². The third-order valence-corrected chi connectivity index (χ3v) is 7.88. The monoisotopic (exact) mass is 565 g/mol. The molecule has 214 valence electrons. The Kier molecular flexibility index (Phi) is 7.46. The zero-order chi connectivity index (χ0) is 28.3. The largest absolute Gasteiger partial charge is 0.475 e. The Bertz CT molecular complexity index is 1680. The maximum absolute atomic E-state index is 13.8. The number of aryl methyl sites for hydroxylation is 1. The number of halogens is 1. The predicted octanol–water partition coefficient (Wildman–Crippen LogP) is 5.00. The van der Waals surface area contributed by atoms with Crippen LogP contribution in [0, 0.1) is 5.82 Å². The highest BCUT2D eigenvalue weighted by Crippen LogP contribution is 2.39. The molecule has 7 rings (SSSR count). The number of nitrogens with one attached hydrogen (secondary N) is 1. The number of hydrogen-bond donors (Lipinski definition) is 1. The lowest BCUT2D eigenvalue weighted by molar-refractivity contribution is 0.0398. The summed E-state index contributed by atoms with van der Waals surface area (Å²) in [5.41, 5.74) is 4.15. The molecule has 5 aromatic rings. The molecule has 1 unspecified atom stereocenters. The quantitative estimate of drug-likeness (QED) is 0.267. The summed E-state index contributed by atoms with van der Waals surface area (Å²) in [6, 6.07) is 20.4. The normalized spacial score (nSPS) is 16.9. The van der Waals surface area contributed by atoms with E-state index in [-0.39, 0.29) is 11.9 Å². The van der Waals surface area contributed by atoms with Crippen LogP contribution in [0.5, 0.6) is 5.88 Å². The van der Waals surface area contributed by atoms with E-state index in [9.17, 15) is 4.39 Å². The Balaban J connectivity index is 1.17. The number of rotatable bonds is 9. The smallest absolute Gasteiger partial charge is 0.223 e. The minimum absolute atomic E-state index is 0.0395. The number of anilines is 1. The molecule has 2 aromatic carbocycles. The number of hydrogen-bond acceptors (Lipinski definition) is 8. The molecule has 1 saturated heterocycles. The summed E-state index contributed by atoms with van der Waals surface area (Å²) in [4.78, 5) is 21.5. The third kappa shape index (κ3) is 5.55. The van der Waals surface area contributed by atoms with E-state index in [4.69, 9.17) is 19.4 Å². The van der Waals surface area contributed by atoms with Crippen molar-refractivity contribution in [3.63, 3.8) is 0 Å². The molecular weight excluding hydrogens is 533 g/mol. The van der Waals surface area contributed by atoms with Gasteiger partial charge >= 0.3 is 0 Å². The topological polar surface area (TPSA) is 90.2 Å². The van der Waals surface area contributed by atoms with Crippen LogP contribution >= 0.6 is 0 Å². The second-order valence-corrected chi connectivity index (χ2v) is 10.6. The van der Waals surface area contributed by atoms with Crippen LogP contribution in [0.15, 0.2) is 72.9 Å². The molecule has 1 atom stereocenters. The standard InChI is InChI=1S/C32H32FN7O2/c33-24-8-5-23(6-9-24)30-31(27-13-14-34-32(37-27)35-15-16-39-17-19-41-20-18-39)40-25(10-11-28(40)38-30)21-42-29-12-7-22-3-1-2-4-26(22)36-29/h1-9,12-14,25H,10-11,15-21H2,(H,34,35,37). The number of aromatic nitrogens is 5. The van der Waals surface area contributed by atoms with Crippen molar-refractivity contribution >= 4 is 16.9 Å². The molecule has 9 nitrogen and oxygen atoms in total. The van der Waals surface area contributed by atoms with Crippen molar-refractivity contribution in [3.8, 4) is 28.5 Å². The van der Waals surface area contributed by atoms with E-state index < -0.39 is 0 Å². The fraction of sp³-hybridized carbons (Fsp3) is 0.312. The summed E-state index contributed by atoms with van der Waals surface area (Å²) in [5.74, 6) is 1.84. The first-order valence-electron chi connectivity index (χ1n) is 14.4. The van der Waals surface area contributed by atoms with Gasteiger partial charge in [-0.1, -0.05) is 18.2 Å². The van der Waals surface area contributed by atoms with Gasteiger partial charge in [0.25, 0.3) is 0 Å². The van der Waals surface area contributed by atoms with E-state index in [1.807, 2.05) is 42.5 Å². The van der Waals surface area contributed by atoms with E-state index >= 15 is 0 Å². The van der Waals surface area contributed by atoms with Gasteiger partial charge in [-0.05, 0) is 48.9 Å². The van der Waals surface area contributed by atoms with Crippen LogP contribution < -0.4 is 10.1 Å². The summed E-state index contributed by atoms with van der Waals surface area (Å²) in [6.07, 6.45) is 3.47. The lowest BCUT2D eigenvalue weighted by atomic mass is 10.1. The first kappa shape index (κ1) is 26.5. The van der Waals surface area contributed by atoms with Gasteiger partial charge in [-0.2, -0.15) is 0 Å². The maximum Gasteiger partial charge on any atom is 0.223 e. The Morgan fingerprint density at radius 3 is 2.69 bits per heavy atom. The van der Waals surface area contributed by atoms with Gasteiger partial charge in [0.2, 0.25) is 11.8 Å². The van der Waals surface area contributed by atoms with Crippen LogP contribution in [-0.2, 0) is 11.2 Å². The van der Waals surface area contributed by atoms with E-state index in [1.165, 1.54) is 12.1 Å². The molecule has 0 aliphatic carbocycles. The summed E-state index contributed by atoms with van der Waals surface area (Å²) in [7, 11) is 0. The van der Waals surface area contributed by atoms with Crippen molar-refractivity contribution in [2.75, 3.05) is 51.3 Å². The van der Waals surface area contributed by atoms with Crippen molar-refractivity contribution in [2.45, 2.75) is 18.9 Å². The number of nitrogens with zero attached hydrogens (tertiary/aromatic N) is 6. The summed E-state index contributed by atoms with van der Waals surface area (Å²) < 4.78 is 27.8. The maximum atomic E-state index is 13.8. The predicted molar refractivity (Wildman–Crippen MR) is 159 cm³/mol. The lowest BCUT2D eigenvalue weighted by Crippen LogP contribution is -2.39. The number of morpholine rings is 1. The fourth-order valence-corrected chi connectivity index (χ4v) is 5.72. The third-order valence-electron chi connectivity index (χ3n) is 7.88. The molecular formula is C32H32FN7O2. The highest BCUT2D eigenvalue weighted by atomic mass is 19.1. The number of ether oxygens (including phenoxy) is 2. The Hall–Kier alpha value is -4.41. The van der Waals surface area contributed by atoms with Gasteiger partial charge in [-0.25, -0.2) is 24.3 Å². The molecule has 2 aliphatic rings. The van der Waals surface area contributed by atoms with Gasteiger partial charge in [0, 0.05) is 55.8 Å². The molecule has 1 fully saturated rings. The van der Waals surface area contributed by atoms with E-state index in [0.717, 1.165) is 91.6 Å². The van der Waals surface area contributed by atoms with Crippen LogP contribution in [0.25, 0.3) is 33.5 Å². The van der Waals surface area contributed by atoms with E-state index in [0.29, 0.717) is 18.4 Å².